The van der Waals surface area contributed by atoms with E-state index in [1.165, 1.54) is 12.8 Å². The molecule has 1 saturated heterocycles. The first-order chi connectivity index (χ1) is 6.34. The van der Waals surface area contributed by atoms with Crippen LogP contribution in [0.5, 0.6) is 0 Å². The van der Waals surface area contributed by atoms with Gasteiger partial charge in [-0.15, -0.1) is 0 Å². The van der Waals surface area contributed by atoms with Crippen LogP contribution in [0.2, 0.25) is 0 Å². The van der Waals surface area contributed by atoms with Crippen LogP contribution in [0, 0.1) is 0 Å². The Hall–Kier alpha value is -0.220. The second kappa shape index (κ2) is 6.27. The first kappa shape index (κ1) is 10.9. The van der Waals surface area contributed by atoms with Gasteiger partial charge in [-0.2, -0.15) is 11.8 Å². The van der Waals surface area contributed by atoms with Crippen LogP contribution in [0.25, 0.3) is 0 Å². The van der Waals surface area contributed by atoms with E-state index in [-0.39, 0.29) is 11.9 Å². The molecular formula is C9H18N2OS. The molecule has 1 atom stereocenters. The van der Waals surface area contributed by atoms with Crippen molar-refractivity contribution < 1.29 is 4.79 Å². The number of carbonyl (C=O) groups is 1. The predicted octanol–water partition coefficient (Wildman–Crippen LogP) is 0.608. The van der Waals surface area contributed by atoms with Crippen molar-refractivity contribution in [2.45, 2.75) is 25.3 Å². The molecule has 0 spiro atoms. The number of carbonyl (C=O) groups excluding carboxylic acids is 1. The third-order valence-electron chi connectivity index (χ3n) is 2.23. The molecule has 0 unspecified atom stereocenters. The van der Waals surface area contributed by atoms with Crippen molar-refractivity contribution in [2.75, 3.05) is 25.1 Å². The van der Waals surface area contributed by atoms with Gasteiger partial charge in [0.15, 0.2) is 0 Å². The van der Waals surface area contributed by atoms with E-state index in [2.05, 4.69) is 10.6 Å². The lowest BCUT2D eigenvalue weighted by Crippen LogP contribution is -2.47. The van der Waals surface area contributed by atoms with Crippen molar-refractivity contribution >= 4 is 17.7 Å². The van der Waals surface area contributed by atoms with E-state index in [1.54, 1.807) is 11.8 Å². The van der Waals surface area contributed by atoms with Crippen molar-refractivity contribution in [3.8, 4) is 0 Å². The first-order valence-electron chi connectivity index (χ1n) is 4.84. The standard InChI is InChI=1S/C9H18N2OS/c1-13-7-6-11-9(12)8-4-2-3-5-10-8/h8,10H,2-7H2,1H3,(H,11,12)/t8-/m1/s1. The molecule has 1 aliphatic rings. The summed E-state index contributed by atoms with van der Waals surface area (Å²) in [6, 6.07) is 0.0654. The summed E-state index contributed by atoms with van der Waals surface area (Å²) in [5.74, 6) is 1.17. The van der Waals surface area contributed by atoms with Crippen LogP contribution in [0.4, 0.5) is 0 Å². The smallest absolute Gasteiger partial charge is 0.237 e. The Bertz CT molecular complexity index is 158. The van der Waals surface area contributed by atoms with Crippen molar-refractivity contribution in [1.29, 1.82) is 0 Å². The molecule has 0 aliphatic carbocycles. The van der Waals surface area contributed by atoms with Gasteiger partial charge in [-0.1, -0.05) is 6.42 Å². The maximum absolute atomic E-state index is 11.5. The summed E-state index contributed by atoms with van der Waals surface area (Å²) < 4.78 is 0. The van der Waals surface area contributed by atoms with E-state index in [1.807, 2.05) is 6.26 Å². The molecule has 0 bridgehead atoms. The van der Waals surface area contributed by atoms with Crippen molar-refractivity contribution in [1.82, 2.24) is 10.6 Å². The molecule has 0 aromatic heterocycles. The Morgan fingerprint density at radius 3 is 3.08 bits per heavy atom. The zero-order valence-corrected chi connectivity index (χ0v) is 8.95. The zero-order chi connectivity index (χ0) is 9.52. The van der Waals surface area contributed by atoms with E-state index < -0.39 is 0 Å². The number of rotatable bonds is 4. The molecule has 3 nitrogen and oxygen atoms in total. The molecule has 13 heavy (non-hydrogen) atoms. The molecule has 76 valence electrons. The van der Waals surface area contributed by atoms with Crippen LogP contribution >= 0.6 is 11.8 Å². The Morgan fingerprint density at radius 2 is 2.46 bits per heavy atom. The monoisotopic (exact) mass is 202 g/mol. The number of hydrogen-bond donors (Lipinski definition) is 2. The van der Waals surface area contributed by atoms with Crippen LogP contribution in [-0.4, -0.2) is 37.0 Å². The summed E-state index contributed by atoms with van der Waals surface area (Å²) in [5.41, 5.74) is 0. The predicted molar refractivity (Wildman–Crippen MR) is 57.0 cm³/mol. The molecule has 1 rings (SSSR count). The highest BCUT2D eigenvalue weighted by atomic mass is 32.2. The number of hydrogen-bond acceptors (Lipinski definition) is 3. The highest BCUT2D eigenvalue weighted by Crippen LogP contribution is 2.06. The average molecular weight is 202 g/mol. The molecule has 1 heterocycles. The average Bonchev–Trinajstić information content (AvgIpc) is 2.19. The largest absolute Gasteiger partial charge is 0.354 e. The molecule has 1 fully saturated rings. The van der Waals surface area contributed by atoms with Crippen molar-refractivity contribution in [2.24, 2.45) is 0 Å². The van der Waals surface area contributed by atoms with Gasteiger partial charge in [-0.25, -0.2) is 0 Å². The summed E-state index contributed by atoms with van der Waals surface area (Å²) in [7, 11) is 0. The lowest BCUT2D eigenvalue weighted by Gasteiger charge is -2.22. The van der Waals surface area contributed by atoms with Gasteiger partial charge in [0.2, 0.25) is 5.91 Å². The summed E-state index contributed by atoms with van der Waals surface area (Å²) in [6.07, 6.45) is 5.42. The lowest BCUT2D eigenvalue weighted by atomic mass is 10.0. The number of thioether (sulfide) groups is 1. The fourth-order valence-electron chi connectivity index (χ4n) is 1.48. The van der Waals surface area contributed by atoms with Crippen LogP contribution in [0.15, 0.2) is 0 Å². The van der Waals surface area contributed by atoms with Crippen LogP contribution < -0.4 is 10.6 Å². The minimum atomic E-state index is 0.0654. The zero-order valence-electron chi connectivity index (χ0n) is 8.14. The Balaban J connectivity index is 2.13. The Labute approximate surface area is 84.0 Å². The number of nitrogens with one attached hydrogen (secondary N) is 2. The highest BCUT2D eigenvalue weighted by Gasteiger charge is 2.19. The molecule has 0 aromatic carbocycles. The van der Waals surface area contributed by atoms with Gasteiger partial charge < -0.3 is 10.6 Å². The summed E-state index contributed by atoms with van der Waals surface area (Å²) in [4.78, 5) is 11.5. The van der Waals surface area contributed by atoms with E-state index in [0.717, 1.165) is 25.3 Å². The van der Waals surface area contributed by atoms with Crippen LogP contribution in [0.3, 0.4) is 0 Å². The maximum Gasteiger partial charge on any atom is 0.237 e. The number of piperidine rings is 1. The SMILES string of the molecule is CSCCNC(=O)[C@H]1CCCCN1. The van der Waals surface area contributed by atoms with E-state index in [4.69, 9.17) is 0 Å². The minimum Gasteiger partial charge on any atom is -0.354 e. The normalized spacial score (nSPS) is 22.7. The second-order valence-corrected chi connectivity index (χ2v) is 4.27. The number of amides is 1. The highest BCUT2D eigenvalue weighted by molar-refractivity contribution is 7.98. The first-order valence-corrected chi connectivity index (χ1v) is 6.24. The van der Waals surface area contributed by atoms with Crippen molar-refractivity contribution in [3.05, 3.63) is 0 Å². The van der Waals surface area contributed by atoms with E-state index in [0.29, 0.717) is 0 Å². The molecule has 0 saturated carbocycles. The Morgan fingerprint density at radius 1 is 1.62 bits per heavy atom. The van der Waals surface area contributed by atoms with Gasteiger partial charge in [0.25, 0.3) is 0 Å². The van der Waals surface area contributed by atoms with Gasteiger partial charge in [-0.05, 0) is 25.6 Å². The van der Waals surface area contributed by atoms with Gasteiger partial charge in [0.1, 0.15) is 0 Å². The molecule has 1 amide bonds. The topological polar surface area (TPSA) is 41.1 Å². The fraction of sp³-hybridized carbons (Fsp3) is 0.889. The van der Waals surface area contributed by atoms with E-state index >= 15 is 0 Å². The lowest BCUT2D eigenvalue weighted by molar-refractivity contribution is -0.123. The van der Waals surface area contributed by atoms with Crippen LogP contribution in [0.1, 0.15) is 19.3 Å². The van der Waals surface area contributed by atoms with E-state index in [9.17, 15) is 4.79 Å². The molecule has 4 heteroatoms. The van der Waals surface area contributed by atoms with Gasteiger partial charge in [-0.3, -0.25) is 4.79 Å². The van der Waals surface area contributed by atoms with Crippen LogP contribution in [-0.2, 0) is 4.79 Å². The summed E-state index contributed by atoms with van der Waals surface area (Å²) in [5, 5.41) is 6.16. The molecule has 1 aliphatic heterocycles. The summed E-state index contributed by atoms with van der Waals surface area (Å²) >= 11 is 1.76. The molecule has 0 radical (unpaired) electrons. The molecular weight excluding hydrogens is 184 g/mol. The van der Waals surface area contributed by atoms with Gasteiger partial charge in [0.05, 0.1) is 6.04 Å². The second-order valence-electron chi connectivity index (χ2n) is 3.29. The maximum atomic E-state index is 11.5. The third kappa shape index (κ3) is 4.00. The van der Waals surface area contributed by atoms with Gasteiger partial charge >= 0.3 is 0 Å². The fourth-order valence-corrected chi connectivity index (χ4v) is 1.78. The molecule has 2 N–H and O–H groups in total. The van der Waals surface area contributed by atoms with Gasteiger partial charge in [0, 0.05) is 12.3 Å². The minimum absolute atomic E-state index is 0.0654. The Kier molecular flexibility index (Phi) is 5.23. The third-order valence-corrected chi connectivity index (χ3v) is 2.84. The summed E-state index contributed by atoms with van der Waals surface area (Å²) in [6.45, 7) is 1.78. The van der Waals surface area contributed by atoms with Crippen molar-refractivity contribution in [3.63, 3.8) is 0 Å². The molecule has 0 aromatic rings. The quantitative estimate of drug-likeness (QED) is 0.656.